The summed E-state index contributed by atoms with van der Waals surface area (Å²) < 4.78 is 7.48. The Labute approximate surface area is 160 Å². The summed E-state index contributed by atoms with van der Waals surface area (Å²) in [5.74, 6) is 1.06. The molecule has 0 bridgehead atoms. The molecule has 1 aliphatic rings. The number of rotatable bonds is 4. The highest BCUT2D eigenvalue weighted by Crippen LogP contribution is 2.37. The van der Waals surface area contributed by atoms with Crippen LogP contribution >= 0.6 is 11.3 Å². The second-order valence-corrected chi connectivity index (χ2v) is 7.88. The number of benzene rings is 1. The highest BCUT2D eigenvalue weighted by Gasteiger charge is 2.36. The highest BCUT2D eigenvalue weighted by molar-refractivity contribution is 7.13. The first-order chi connectivity index (χ1) is 13.2. The van der Waals surface area contributed by atoms with Crippen LogP contribution in [0.15, 0.2) is 58.6 Å². The molecule has 4 aromatic rings. The Morgan fingerprint density at radius 1 is 1.07 bits per heavy atom. The summed E-state index contributed by atoms with van der Waals surface area (Å²) in [5.41, 5.74) is 8.66. The molecule has 3 aromatic heterocycles. The standard InChI is InChI=1S/C20H19N5OS/c21-20(10-4-5-11-20)19-22-18(26-24-19)15-13-25(14-7-2-1-3-8-14)23-17(15)16-9-6-12-27-16/h1-3,6-9,12-13H,4-5,10-11,21H2. The molecule has 0 saturated heterocycles. The molecule has 1 saturated carbocycles. The zero-order valence-corrected chi connectivity index (χ0v) is 15.5. The lowest BCUT2D eigenvalue weighted by Crippen LogP contribution is -2.34. The molecule has 7 heteroatoms. The SMILES string of the molecule is NC1(c2noc(-c3cn(-c4ccccc4)nc3-c3cccs3)n2)CCCC1. The van der Waals surface area contributed by atoms with Gasteiger partial charge in [-0.2, -0.15) is 10.1 Å². The maximum Gasteiger partial charge on any atom is 0.261 e. The van der Waals surface area contributed by atoms with Crippen molar-refractivity contribution >= 4 is 11.3 Å². The molecule has 3 heterocycles. The number of thiophene rings is 1. The molecule has 6 nitrogen and oxygen atoms in total. The summed E-state index contributed by atoms with van der Waals surface area (Å²) in [7, 11) is 0. The van der Waals surface area contributed by atoms with Crippen LogP contribution in [-0.2, 0) is 5.54 Å². The van der Waals surface area contributed by atoms with Gasteiger partial charge in [0.05, 0.1) is 21.7 Å². The summed E-state index contributed by atoms with van der Waals surface area (Å²) >= 11 is 1.63. The quantitative estimate of drug-likeness (QED) is 0.571. The molecular formula is C20H19N5OS. The van der Waals surface area contributed by atoms with Gasteiger partial charge in [0.25, 0.3) is 5.89 Å². The first-order valence-corrected chi connectivity index (χ1v) is 9.93. The summed E-state index contributed by atoms with van der Waals surface area (Å²) in [6.07, 6.45) is 5.94. The third kappa shape index (κ3) is 2.89. The first-order valence-electron chi connectivity index (χ1n) is 9.05. The van der Waals surface area contributed by atoms with Crippen LogP contribution in [0, 0.1) is 0 Å². The average molecular weight is 377 g/mol. The Bertz CT molecular complexity index is 1050. The van der Waals surface area contributed by atoms with Crippen LogP contribution in [0.3, 0.4) is 0 Å². The molecule has 1 aromatic carbocycles. The van der Waals surface area contributed by atoms with Crippen molar-refractivity contribution in [1.82, 2.24) is 19.9 Å². The van der Waals surface area contributed by atoms with E-state index in [0.29, 0.717) is 11.7 Å². The zero-order chi connectivity index (χ0) is 18.3. The number of hydrogen-bond donors (Lipinski definition) is 1. The van der Waals surface area contributed by atoms with Gasteiger partial charge < -0.3 is 10.3 Å². The molecule has 0 radical (unpaired) electrons. The maximum atomic E-state index is 6.50. The van der Waals surface area contributed by atoms with E-state index in [0.717, 1.165) is 47.5 Å². The van der Waals surface area contributed by atoms with E-state index in [1.807, 2.05) is 58.7 Å². The normalized spacial score (nSPS) is 16.0. The van der Waals surface area contributed by atoms with Gasteiger partial charge in [0, 0.05) is 6.20 Å². The molecular weight excluding hydrogens is 358 g/mol. The summed E-state index contributed by atoms with van der Waals surface area (Å²) in [6, 6.07) is 14.1. The largest absolute Gasteiger partial charge is 0.334 e. The van der Waals surface area contributed by atoms with E-state index in [1.54, 1.807) is 11.3 Å². The minimum absolute atomic E-state index is 0.465. The number of hydrogen-bond acceptors (Lipinski definition) is 6. The van der Waals surface area contributed by atoms with Crippen LogP contribution in [0.25, 0.3) is 27.7 Å². The minimum atomic E-state index is -0.472. The lowest BCUT2D eigenvalue weighted by Gasteiger charge is -2.17. The molecule has 2 N–H and O–H groups in total. The van der Waals surface area contributed by atoms with E-state index in [2.05, 4.69) is 10.1 Å². The molecule has 0 spiro atoms. The summed E-state index contributed by atoms with van der Waals surface area (Å²) in [4.78, 5) is 5.72. The van der Waals surface area contributed by atoms with Gasteiger partial charge in [0.2, 0.25) is 0 Å². The van der Waals surface area contributed by atoms with Crippen molar-refractivity contribution < 1.29 is 4.52 Å². The van der Waals surface area contributed by atoms with E-state index < -0.39 is 5.54 Å². The smallest absolute Gasteiger partial charge is 0.261 e. The molecule has 0 amide bonds. The van der Waals surface area contributed by atoms with Crippen molar-refractivity contribution in [3.63, 3.8) is 0 Å². The van der Waals surface area contributed by atoms with Gasteiger partial charge in [-0.25, -0.2) is 4.68 Å². The van der Waals surface area contributed by atoms with Crippen LogP contribution in [0.5, 0.6) is 0 Å². The number of nitrogens with zero attached hydrogens (tertiary/aromatic N) is 4. The third-order valence-electron chi connectivity index (χ3n) is 5.09. The molecule has 1 aliphatic carbocycles. The van der Waals surface area contributed by atoms with Crippen LogP contribution < -0.4 is 5.73 Å². The van der Waals surface area contributed by atoms with Gasteiger partial charge in [-0.3, -0.25) is 0 Å². The second-order valence-electron chi connectivity index (χ2n) is 6.94. The van der Waals surface area contributed by atoms with Crippen molar-refractivity contribution in [1.29, 1.82) is 0 Å². The van der Waals surface area contributed by atoms with E-state index in [9.17, 15) is 0 Å². The monoisotopic (exact) mass is 377 g/mol. The predicted molar refractivity (Wildman–Crippen MR) is 105 cm³/mol. The molecule has 0 unspecified atom stereocenters. The molecule has 0 atom stereocenters. The van der Waals surface area contributed by atoms with Gasteiger partial charge >= 0.3 is 0 Å². The molecule has 0 aliphatic heterocycles. The average Bonchev–Trinajstić information content (AvgIpc) is 3.47. The summed E-state index contributed by atoms with van der Waals surface area (Å²) in [6.45, 7) is 0. The maximum absolute atomic E-state index is 6.50. The molecule has 136 valence electrons. The van der Waals surface area contributed by atoms with Crippen molar-refractivity contribution in [3.05, 3.63) is 59.9 Å². The van der Waals surface area contributed by atoms with E-state index in [-0.39, 0.29) is 0 Å². The molecule has 5 rings (SSSR count). The fourth-order valence-corrected chi connectivity index (χ4v) is 4.33. The molecule has 1 fully saturated rings. The van der Waals surface area contributed by atoms with Gasteiger partial charge in [0.15, 0.2) is 5.82 Å². The van der Waals surface area contributed by atoms with Crippen LogP contribution in [0.2, 0.25) is 0 Å². The minimum Gasteiger partial charge on any atom is -0.334 e. The van der Waals surface area contributed by atoms with E-state index in [1.165, 1.54) is 0 Å². The van der Waals surface area contributed by atoms with Gasteiger partial charge in [-0.05, 0) is 36.4 Å². The van der Waals surface area contributed by atoms with Crippen LogP contribution in [0.4, 0.5) is 0 Å². The van der Waals surface area contributed by atoms with Crippen molar-refractivity contribution in [2.24, 2.45) is 5.73 Å². The second kappa shape index (κ2) is 6.44. The lowest BCUT2D eigenvalue weighted by atomic mass is 9.99. The van der Waals surface area contributed by atoms with E-state index in [4.69, 9.17) is 15.4 Å². The Morgan fingerprint density at radius 3 is 2.63 bits per heavy atom. The van der Waals surface area contributed by atoms with Crippen LogP contribution in [0.1, 0.15) is 31.5 Å². The predicted octanol–water partition coefficient (Wildman–Crippen LogP) is 4.38. The number of aromatic nitrogens is 4. The molecule has 27 heavy (non-hydrogen) atoms. The van der Waals surface area contributed by atoms with Crippen molar-refractivity contribution in [3.8, 4) is 27.7 Å². The van der Waals surface area contributed by atoms with Crippen molar-refractivity contribution in [2.75, 3.05) is 0 Å². The topological polar surface area (TPSA) is 82.8 Å². The van der Waals surface area contributed by atoms with Crippen molar-refractivity contribution in [2.45, 2.75) is 31.2 Å². The Morgan fingerprint density at radius 2 is 1.89 bits per heavy atom. The Balaban J connectivity index is 1.61. The number of nitrogens with two attached hydrogens (primary N) is 1. The fraction of sp³-hybridized carbons (Fsp3) is 0.250. The fourth-order valence-electron chi connectivity index (χ4n) is 3.60. The Kier molecular flexibility index (Phi) is 3.91. The van der Waals surface area contributed by atoms with Gasteiger partial charge in [0.1, 0.15) is 5.69 Å². The summed E-state index contributed by atoms with van der Waals surface area (Å²) in [5, 5.41) is 11.0. The van der Waals surface area contributed by atoms with Gasteiger partial charge in [-0.1, -0.05) is 42.3 Å². The highest BCUT2D eigenvalue weighted by atomic mass is 32.1. The first kappa shape index (κ1) is 16.4. The Hall–Kier alpha value is -2.77. The lowest BCUT2D eigenvalue weighted by molar-refractivity contribution is 0.372. The zero-order valence-electron chi connectivity index (χ0n) is 14.7. The third-order valence-corrected chi connectivity index (χ3v) is 5.96. The van der Waals surface area contributed by atoms with Crippen LogP contribution in [-0.4, -0.2) is 19.9 Å². The van der Waals surface area contributed by atoms with E-state index >= 15 is 0 Å². The van der Waals surface area contributed by atoms with Gasteiger partial charge in [-0.15, -0.1) is 11.3 Å². The number of para-hydroxylation sites is 1.